The van der Waals surface area contributed by atoms with E-state index in [4.69, 9.17) is 19.7 Å². The first-order valence-corrected chi connectivity index (χ1v) is 12.3. The van der Waals surface area contributed by atoms with Crippen LogP contribution in [0.5, 0.6) is 0 Å². The van der Waals surface area contributed by atoms with Crippen molar-refractivity contribution in [2.45, 2.75) is 45.1 Å². The topological polar surface area (TPSA) is 105 Å². The number of carbonyl (C=O) groups excluding carboxylic acids is 1. The number of nitrogens with zero attached hydrogens (tertiary/aromatic N) is 3. The Hall–Kier alpha value is -4.19. The minimum Gasteiger partial charge on any atom is -0.366 e. The molecule has 188 valence electrons. The second-order valence-corrected chi connectivity index (χ2v) is 8.94. The fourth-order valence-corrected chi connectivity index (χ4v) is 4.20. The summed E-state index contributed by atoms with van der Waals surface area (Å²) in [5.74, 6) is 7.27. The summed E-state index contributed by atoms with van der Waals surface area (Å²) in [6.45, 7) is 3.26. The Bertz CT molecular complexity index is 1400. The van der Waals surface area contributed by atoms with Crippen molar-refractivity contribution in [3.05, 3.63) is 95.2 Å². The highest BCUT2D eigenvalue weighted by Crippen LogP contribution is 2.25. The smallest absolute Gasteiger partial charge is 0.248 e. The van der Waals surface area contributed by atoms with Crippen molar-refractivity contribution in [2.75, 3.05) is 6.61 Å². The number of ether oxygens (including phenoxy) is 2. The Kier molecular flexibility index (Phi) is 7.45. The van der Waals surface area contributed by atoms with Gasteiger partial charge in [-0.05, 0) is 74.7 Å². The van der Waals surface area contributed by atoms with Gasteiger partial charge in [-0.3, -0.25) is 4.79 Å². The summed E-state index contributed by atoms with van der Waals surface area (Å²) in [4.78, 5) is 15.7. The van der Waals surface area contributed by atoms with Gasteiger partial charge in [-0.25, -0.2) is 4.98 Å². The second-order valence-electron chi connectivity index (χ2n) is 8.94. The number of hydrogen-bond donors (Lipinski definition) is 1. The molecule has 2 N–H and O–H groups in total. The predicted molar refractivity (Wildman–Crippen MR) is 137 cm³/mol. The largest absolute Gasteiger partial charge is 0.366 e. The maximum atomic E-state index is 11.2. The Balaban J connectivity index is 1.22. The lowest BCUT2D eigenvalue weighted by atomic mass is 10.1. The number of primary amides is 1. The van der Waals surface area contributed by atoms with Crippen LogP contribution in [0.15, 0.2) is 71.5 Å². The van der Waals surface area contributed by atoms with Gasteiger partial charge in [-0.2, -0.15) is 0 Å². The van der Waals surface area contributed by atoms with Gasteiger partial charge in [0.2, 0.25) is 5.91 Å². The van der Waals surface area contributed by atoms with Gasteiger partial charge < -0.3 is 24.3 Å². The van der Waals surface area contributed by atoms with E-state index in [2.05, 4.69) is 22.0 Å². The Morgan fingerprint density at radius 2 is 1.86 bits per heavy atom. The number of rotatable bonds is 7. The molecule has 1 aliphatic heterocycles. The maximum Gasteiger partial charge on any atom is 0.248 e. The van der Waals surface area contributed by atoms with Gasteiger partial charge in [0, 0.05) is 47.3 Å². The van der Waals surface area contributed by atoms with E-state index in [1.807, 2.05) is 48.0 Å². The van der Waals surface area contributed by atoms with Gasteiger partial charge in [0.15, 0.2) is 12.1 Å². The number of hydrogen-bond acceptors (Lipinski definition) is 6. The van der Waals surface area contributed by atoms with Crippen LogP contribution in [0.4, 0.5) is 0 Å². The summed E-state index contributed by atoms with van der Waals surface area (Å²) in [6, 6.07) is 16.6. The molecule has 1 amide bonds. The summed E-state index contributed by atoms with van der Waals surface area (Å²) in [5, 5.41) is 4.25. The second kappa shape index (κ2) is 11.2. The number of aromatic nitrogens is 3. The van der Waals surface area contributed by atoms with Crippen molar-refractivity contribution in [1.29, 1.82) is 0 Å². The predicted octanol–water partition coefficient (Wildman–Crippen LogP) is 4.69. The van der Waals surface area contributed by atoms with Crippen molar-refractivity contribution >= 4 is 5.91 Å². The van der Waals surface area contributed by atoms with Crippen molar-refractivity contribution in [3.8, 4) is 23.2 Å². The van der Waals surface area contributed by atoms with E-state index in [1.165, 1.54) is 0 Å². The van der Waals surface area contributed by atoms with E-state index >= 15 is 0 Å². The third-order valence-corrected chi connectivity index (χ3v) is 6.19. The minimum absolute atomic E-state index is 0.178. The van der Waals surface area contributed by atoms with Crippen LogP contribution in [0.25, 0.3) is 11.3 Å². The van der Waals surface area contributed by atoms with Crippen LogP contribution in [-0.4, -0.2) is 33.5 Å². The lowest BCUT2D eigenvalue weighted by Gasteiger charge is -2.26. The average Bonchev–Trinajstić information content (AvgIpc) is 3.59. The molecule has 0 bridgehead atoms. The molecular weight excluding hydrogens is 468 g/mol. The highest BCUT2D eigenvalue weighted by molar-refractivity contribution is 5.92. The monoisotopic (exact) mass is 496 g/mol. The summed E-state index contributed by atoms with van der Waals surface area (Å²) in [5.41, 5.74) is 9.10. The zero-order valence-electron chi connectivity index (χ0n) is 20.6. The highest BCUT2D eigenvalue weighted by atomic mass is 16.7. The first-order valence-electron chi connectivity index (χ1n) is 12.3. The molecule has 2 aromatic heterocycles. The Morgan fingerprint density at radius 3 is 2.54 bits per heavy atom. The SMILES string of the molecule is CC(OC1CCCCO1)c1nccn1Cc1cc(-c2ccc(C#Cc3ccc(C(N)=O)cc3)cc2)on1. The molecule has 1 fully saturated rings. The number of amides is 1. The van der Waals surface area contributed by atoms with E-state index in [1.54, 1.807) is 30.5 Å². The molecule has 0 spiro atoms. The third kappa shape index (κ3) is 6.15. The van der Waals surface area contributed by atoms with E-state index in [-0.39, 0.29) is 12.4 Å². The van der Waals surface area contributed by atoms with Crippen LogP contribution in [0, 0.1) is 11.8 Å². The lowest BCUT2D eigenvalue weighted by molar-refractivity contribution is -0.188. The van der Waals surface area contributed by atoms with Crippen molar-refractivity contribution in [3.63, 3.8) is 0 Å². The number of imidazole rings is 1. The van der Waals surface area contributed by atoms with Crippen LogP contribution in [0.2, 0.25) is 0 Å². The molecule has 1 aliphatic rings. The lowest BCUT2D eigenvalue weighted by Crippen LogP contribution is -2.24. The van der Waals surface area contributed by atoms with E-state index in [0.717, 1.165) is 54.1 Å². The van der Waals surface area contributed by atoms with Gasteiger partial charge in [-0.15, -0.1) is 0 Å². The fraction of sp³-hybridized carbons (Fsp3) is 0.276. The quantitative estimate of drug-likeness (QED) is 0.372. The van der Waals surface area contributed by atoms with Crippen molar-refractivity contribution < 1.29 is 18.8 Å². The van der Waals surface area contributed by atoms with Crippen molar-refractivity contribution in [1.82, 2.24) is 14.7 Å². The molecule has 8 heteroatoms. The number of carbonyl (C=O) groups is 1. The minimum atomic E-state index is -0.454. The number of benzene rings is 2. The van der Waals surface area contributed by atoms with Crippen LogP contribution >= 0.6 is 0 Å². The molecular formula is C29H28N4O4. The molecule has 2 unspecified atom stereocenters. The van der Waals surface area contributed by atoms with Gasteiger partial charge in [0.1, 0.15) is 17.6 Å². The molecule has 4 aromatic rings. The summed E-state index contributed by atoms with van der Waals surface area (Å²) < 4.78 is 19.4. The standard InChI is InChI=1S/C29H28N4O4/c1-20(36-27-4-2-3-17-35-27)29-31-15-16-33(29)19-25-18-26(37-32-25)23-11-7-21(8-12-23)5-6-22-9-13-24(14-10-22)28(30)34/h7-16,18,20,27H,2-4,17,19H2,1H3,(H2,30,34). The molecule has 3 heterocycles. The van der Waals surface area contributed by atoms with Crippen LogP contribution < -0.4 is 5.73 Å². The van der Waals surface area contributed by atoms with Gasteiger partial charge in [0.25, 0.3) is 0 Å². The van der Waals surface area contributed by atoms with Gasteiger partial charge >= 0.3 is 0 Å². The Morgan fingerprint density at radius 1 is 1.14 bits per heavy atom. The molecule has 37 heavy (non-hydrogen) atoms. The zero-order valence-corrected chi connectivity index (χ0v) is 20.6. The molecule has 1 saturated heterocycles. The first kappa shape index (κ1) is 24.5. The maximum absolute atomic E-state index is 11.2. The van der Waals surface area contributed by atoms with E-state index in [0.29, 0.717) is 17.9 Å². The van der Waals surface area contributed by atoms with Crippen LogP contribution in [0.3, 0.4) is 0 Å². The molecule has 8 nitrogen and oxygen atoms in total. The van der Waals surface area contributed by atoms with Gasteiger partial charge in [0.05, 0.1) is 6.54 Å². The summed E-state index contributed by atoms with van der Waals surface area (Å²) in [6.07, 6.45) is 6.42. The molecule has 0 saturated carbocycles. The molecule has 0 radical (unpaired) electrons. The normalized spacial score (nSPS) is 16.1. The van der Waals surface area contributed by atoms with Crippen molar-refractivity contribution in [2.24, 2.45) is 5.73 Å². The van der Waals surface area contributed by atoms with E-state index in [9.17, 15) is 4.79 Å². The average molecular weight is 497 g/mol. The summed E-state index contributed by atoms with van der Waals surface area (Å²) in [7, 11) is 0. The number of nitrogens with two attached hydrogens (primary N) is 1. The molecule has 0 aliphatic carbocycles. The van der Waals surface area contributed by atoms with Gasteiger partial charge in [-0.1, -0.05) is 17.0 Å². The molecule has 2 atom stereocenters. The van der Waals surface area contributed by atoms with E-state index < -0.39 is 5.91 Å². The molecule has 2 aromatic carbocycles. The van der Waals surface area contributed by atoms with Crippen LogP contribution in [0.1, 0.15) is 65.3 Å². The molecule has 5 rings (SSSR count). The zero-order chi connectivity index (χ0) is 25.6. The first-order chi connectivity index (χ1) is 18.0. The highest BCUT2D eigenvalue weighted by Gasteiger charge is 2.21. The van der Waals surface area contributed by atoms with Crippen LogP contribution in [-0.2, 0) is 16.0 Å². The third-order valence-electron chi connectivity index (χ3n) is 6.19. The fourth-order valence-electron chi connectivity index (χ4n) is 4.20. The Labute approximate surface area is 215 Å². The summed E-state index contributed by atoms with van der Waals surface area (Å²) >= 11 is 0.